The van der Waals surface area contributed by atoms with E-state index in [0.29, 0.717) is 5.56 Å². The first kappa shape index (κ1) is 20.5. The number of halogens is 3. The molecule has 0 aliphatic heterocycles. The molecule has 1 unspecified atom stereocenters. The Morgan fingerprint density at radius 3 is 2.62 bits per heavy atom. The van der Waals surface area contributed by atoms with Crippen LogP contribution < -0.4 is 10.9 Å². The Hall–Kier alpha value is -3.26. The number of methoxy groups -OCH3 is 1. The molecule has 0 bridgehead atoms. The summed E-state index contributed by atoms with van der Waals surface area (Å²) in [6.45, 7) is 1.70. The minimum atomic E-state index is -0.977. The van der Waals surface area contributed by atoms with Crippen molar-refractivity contribution in [1.82, 2.24) is 9.78 Å². The summed E-state index contributed by atoms with van der Waals surface area (Å²) in [7, 11) is 1.23. The van der Waals surface area contributed by atoms with Gasteiger partial charge < -0.3 is 10.1 Å². The lowest BCUT2D eigenvalue weighted by Crippen LogP contribution is -2.25. The molecule has 6 nitrogen and oxygen atoms in total. The van der Waals surface area contributed by atoms with E-state index in [9.17, 15) is 18.4 Å². The normalized spacial score (nSPS) is 11.8. The number of ether oxygens (including phenoxy) is 1. The lowest BCUT2D eigenvalue weighted by atomic mass is 10.1. The molecule has 3 rings (SSSR count). The second kappa shape index (κ2) is 8.40. The van der Waals surface area contributed by atoms with Crippen molar-refractivity contribution in [2.45, 2.75) is 13.0 Å². The Morgan fingerprint density at radius 1 is 1.21 bits per heavy atom. The first-order valence-electron chi connectivity index (χ1n) is 8.50. The van der Waals surface area contributed by atoms with Gasteiger partial charge >= 0.3 is 5.97 Å². The number of rotatable bonds is 5. The minimum Gasteiger partial charge on any atom is -0.465 e. The van der Waals surface area contributed by atoms with Crippen LogP contribution in [0.1, 0.15) is 28.9 Å². The molecule has 1 atom stereocenters. The zero-order chi connectivity index (χ0) is 21.1. The van der Waals surface area contributed by atoms with Crippen LogP contribution in [0.4, 0.5) is 14.5 Å². The number of anilines is 1. The number of nitrogens with zero attached hydrogens (tertiary/aromatic N) is 2. The van der Waals surface area contributed by atoms with Gasteiger partial charge in [0.25, 0.3) is 5.56 Å². The topological polar surface area (TPSA) is 73.2 Å². The van der Waals surface area contributed by atoms with Crippen molar-refractivity contribution in [3.05, 3.63) is 86.8 Å². The molecule has 1 heterocycles. The van der Waals surface area contributed by atoms with Crippen LogP contribution in [0.2, 0.25) is 5.02 Å². The summed E-state index contributed by atoms with van der Waals surface area (Å²) in [5, 5.41) is 6.86. The third kappa shape index (κ3) is 4.12. The second-order valence-corrected chi connectivity index (χ2v) is 6.52. The number of carbonyl (C=O) groups is 1. The molecule has 1 N–H and O–H groups in total. The van der Waals surface area contributed by atoms with Gasteiger partial charge in [-0.25, -0.2) is 13.6 Å². The largest absolute Gasteiger partial charge is 0.465 e. The highest BCUT2D eigenvalue weighted by atomic mass is 35.5. The van der Waals surface area contributed by atoms with Crippen molar-refractivity contribution >= 4 is 23.3 Å². The smallest absolute Gasteiger partial charge is 0.340 e. The van der Waals surface area contributed by atoms with E-state index in [1.54, 1.807) is 19.1 Å². The van der Waals surface area contributed by atoms with Gasteiger partial charge in [0.05, 0.1) is 30.2 Å². The molecule has 0 spiro atoms. The standard InChI is InChI=1S/C20H16ClF2N3O3/c1-11(12-7-8-14(22)15(23)9-12)25-16-10-24-26(19(27)18(16)21)17-6-4-3-5-13(17)20(28)29-2/h3-11,25H,1-2H3. The number of benzene rings is 2. The van der Waals surface area contributed by atoms with Gasteiger partial charge in [0, 0.05) is 6.04 Å². The maximum atomic E-state index is 13.5. The summed E-state index contributed by atoms with van der Waals surface area (Å²) in [5.41, 5.74) is 0.370. The predicted octanol–water partition coefficient (Wildman–Crippen LogP) is 4.12. The van der Waals surface area contributed by atoms with Crippen molar-refractivity contribution in [2.75, 3.05) is 12.4 Å². The van der Waals surface area contributed by atoms with Gasteiger partial charge in [-0.1, -0.05) is 29.8 Å². The van der Waals surface area contributed by atoms with Gasteiger partial charge in [0.2, 0.25) is 0 Å². The highest BCUT2D eigenvalue weighted by Crippen LogP contribution is 2.25. The molecule has 0 fully saturated rings. The van der Waals surface area contributed by atoms with Crippen LogP contribution in [0, 0.1) is 11.6 Å². The first-order valence-corrected chi connectivity index (χ1v) is 8.88. The Labute approximate surface area is 169 Å². The summed E-state index contributed by atoms with van der Waals surface area (Å²) in [4.78, 5) is 24.7. The molecular weight excluding hydrogens is 404 g/mol. The fourth-order valence-corrected chi connectivity index (χ4v) is 2.93. The molecule has 9 heteroatoms. The average Bonchev–Trinajstić information content (AvgIpc) is 2.73. The van der Waals surface area contributed by atoms with Crippen LogP contribution in [0.25, 0.3) is 5.69 Å². The van der Waals surface area contributed by atoms with Crippen LogP contribution in [0.15, 0.2) is 53.5 Å². The van der Waals surface area contributed by atoms with E-state index in [0.717, 1.165) is 16.8 Å². The number of nitrogens with one attached hydrogen (secondary N) is 1. The number of carbonyl (C=O) groups excluding carboxylic acids is 1. The molecule has 29 heavy (non-hydrogen) atoms. The van der Waals surface area contributed by atoms with E-state index >= 15 is 0 Å². The van der Waals surface area contributed by atoms with E-state index < -0.39 is 29.2 Å². The summed E-state index contributed by atoms with van der Waals surface area (Å²) in [6, 6.07) is 9.32. The van der Waals surface area contributed by atoms with Gasteiger partial charge in [-0.05, 0) is 36.8 Å². The van der Waals surface area contributed by atoms with Crippen LogP contribution in [0.3, 0.4) is 0 Å². The Kier molecular flexibility index (Phi) is 5.93. The van der Waals surface area contributed by atoms with Gasteiger partial charge in [-0.3, -0.25) is 4.79 Å². The van der Waals surface area contributed by atoms with Gasteiger partial charge in [-0.15, -0.1) is 0 Å². The summed E-state index contributed by atoms with van der Waals surface area (Å²) < 4.78 is 32.3. The molecule has 0 radical (unpaired) electrons. The quantitative estimate of drug-likeness (QED) is 0.630. The van der Waals surface area contributed by atoms with E-state index in [-0.39, 0.29) is 22.0 Å². The number of aromatic nitrogens is 2. The van der Waals surface area contributed by atoms with E-state index in [1.807, 2.05) is 0 Å². The zero-order valence-corrected chi connectivity index (χ0v) is 16.2. The summed E-state index contributed by atoms with van der Waals surface area (Å²) >= 11 is 6.22. The highest BCUT2D eigenvalue weighted by Gasteiger charge is 2.18. The highest BCUT2D eigenvalue weighted by molar-refractivity contribution is 6.33. The Morgan fingerprint density at radius 2 is 1.93 bits per heavy atom. The van der Waals surface area contributed by atoms with Crippen LogP contribution >= 0.6 is 11.6 Å². The van der Waals surface area contributed by atoms with Crippen LogP contribution in [-0.2, 0) is 4.74 Å². The Bertz CT molecular complexity index is 1130. The van der Waals surface area contributed by atoms with Crippen molar-refractivity contribution in [3.8, 4) is 5.69 Å². The molecule has 3 aromatic rings. The lowest BCUT2D eigenvalue weighted by molar-refractivity contribution is 0.0600. The maximum Gasteiger partial charge on any atom is 0.340 e. The minimum absolute atomic E-state index is 0.150. The third-order valence-corrected chi connectivity index (χ3v) is 4.64. The maximum absolute atomic E-state index is 13.5. The van der Waals surface area contributed by atoms with Crippen LogP contribution in [0.5, 0.6) is 0 Å². The number of para-hydroxylation sites is 1. The van der Waals surface area contributed by atoms with Crippen LogP contribution in [-0.4, -0.2) is 22.9 Å². The molecule has 0 aliphatic carbocycles. The molecular formula is C20H16ClF2N3O3. The van der Waals surface area contributed by atoms with Gasteiger partial charge in [0.15, 0.2) is 11.6 Å². The fourth-order valence-electron chi connectivity index (χ4n) is 2.74. The molecule has 0 aliphatic rings. The molecule has 2 aromatic carbocycles. The molecule has 0 saturated carbocycles. The summed E-state index contributed by atoms with van der Waals surface area (Å²) in [6.07, 6.45) is 1.31. The zero-order valence-electron chi connectivity index (χ0n) is 15.4. The Balaban J connectivity index is 1.96. The van der Waals surface area contributed by atoms with Gasteiger partial charge in [-0.2, -0.15) is 9.78 Å². The fraction of sp³-hybridized carbons (Fsp3) is 0.150. The van der Waals surface area contributed by atoms with Crippen molar-refractivity contribution in [3.63, 3.8) is 0 Å². The van der Waals surface area contributed by atoms with Gasteiger partial charge in [0.1, 0.15) is 5.02 Å². The molecule has 0 saturated heterocycles. The van der Waals surface area contributed by atoms with E-state index in [1.165, 1.54) is 31.5 Å². The molecule has 1 aromatic heterocycles. The average molecular weight is 420 g/mol. The lowest BCUT2D eigenvalue weighted by Gasteiger charge is -2.17. The number of esters is 1. The van der Waals surface area contributed by atoms with Crippen molar-refractivity contribution < 1.29 is 18.3 Å². The van der Waals surface area contributed by atoms with E-state index in [4.69, 9.17) is 16.3 Å². The molecule has 150 valence electrons. The summed E-state index contributed by atoms with van der Waals surface area (Å²) in [5.74, 6) is -2.55. The van der Waals surface area contributed by atoms with Crippen molar-refractivity contribution in [2.24, 2.45) is 0 Å². The predicted molar refractivity (Wildman–Crippen MR) is 105 cm³/mol. The SMILES string of the molecule is COC(=O)c1ccccc1-n1ncc(NC(C)c2ccc(F)c(F)c2)c(Cl)c1=O. The van der Waals surface area contributed by atoms with Crippen molar-refractivity contribution in [1.29, 1.82) is 0 Å². The second-order valence-electron chi connectivity index (χ2n) is 6.14. The third-order valence-electron chi connectivity index (χ3n) is 4.27. The molecule has 0 amide bonds. The first-order chi connectivity index (χ1) is 13.8. The number of hydrogen-bond acceptors (Lipinski definition) is 5. The van der Waals surface area contributed by atoms with E-state index in [2.05, 4.69) is 10.4 Å². The number of hydrogen-bond donors (Lipinski definition) is 1. The monoisotopic (exact) mass is 419 g/mol.